The maximum atomic E-state index is 16.2. The van der Waals surface area contributed by atoms with Gasteiger partial charge in [0.2, 0.25) is 0 Å². The molecule has 20 rings (SSSR count). The average molecular weight is 1650 g/mol. The van der Waals surface area contributed by atoms with Gasteiger partial charge < -0.3 is 9.13 Å². The highest BCUT2D eigenvalue weighted by molar-refractivity contribution is 7.85. The van der Waals surface area contributed by atoms with Gasteiger partial charge in [0.1, 0.15) is 0 Å². The van der Waals surface area contributed by atoms with Crippen molar-refractivity contribution in [1.82, 2.24) is 0 Å². The molecule has 4 heteroatoms. The molecule has 2 nitrogen and oxygen atoms in total. The Labute approximate surface area is 740 Å². The van der Waals surface area contributed by atoms with Crippen molar-refractivity contribution in [2.24, 2.45) is 5.92 Å². The first-order chi connectivity index (χ1) is 61.6. The third kappa shape index (κ3) is 14.4. The van der Waals surface area contributed by atoms with E-state index in [4.69, 9.17) is 0 Å². The van der Waals surface area contributed by atoms with Gasteiger partial charge in [-0.15, -0.1) is 6.58 Å². The molecule has 0 saturated carbocycles. The first kappa shape index (κ1) is 80.8. The fourth-order valence-electron chi connectivity index (χ4n) is 22.3. The summed E-state index contributed by atoms with van der Waals surface area (Å²) in [6, 6.07) is 146. The molecule has 7 unspecified atom stereocenters. The highest BCUT2D eigenvalue weighted by atomic mass is 31.2. The smallest absolute Gasteiger partial charge is 0.171 e. The van der Waals surface area contributed by atoms with Crippen molar-refractivity contribution in [1.29, 1.82) is 0 Å². The van der Waals surface area contributed by atoms with Gasteiger partial charge in [-0.25, -0.2) is 0 Å². The molecule has 0 bridgehead atoms. The van der Waals surface area contributed by atoms with Crippen molar-refractivity contribution in [3.63, 3.8) is 0 Å². The van der Waals surface area contributed by atoms with Gasteiger partial charge in [0.05, 0.1) is 10.8 Å². The molecular formula is C121H106O2P2. The van der Waals surface area contributed by atoms with E-state index in [1.54, 1.807) is 0 Å². The van der Waals surface area contributed by atoms with Gasteiger partial charge in [-0.3, -0.25) is 0 Å². The van der Waals surface area contributed by atoms with E-state index in [0.717, 1.165) is 109 Å². The van der Waals surface area contributed by atoms with Crippen LogP contribution in [0.2, 0.25) is 0 Å². The van der Waals surface area contributed by atoms with Gasteiger partial charge in [-0.1, -0.05) is 408 Å². The summed E-state index contributed by atoms with van der Waals surface area (Å²) in [6.45, 7) is 9.21. The van der Waals surface area contributed by atoms with E-state index >= 15 is 9.13 Å². The van der Waals surface area contributed by atoms with Crippen LogP contribution in [0.1, 0.15) is 181 Å². The maximum absolute atomic E-state index is 16.2. The third-order valence-corrected chi connectivity index (χ3v) is 34.9. The minimum atomic E-state index is -3.29. The molecule has 4 aliphatic carbocycles. The number of allylic oxidation sites excluding steroid dienone is 3. The van der Waals surface area contributed by atoms with Crippen LogP contribution in [0.15, 0.2) is 425 Å². The topological polar surface area (TPSA) is 34.1 Å². The maximum Gasteiger partial charge on any atom is 0.171 e. The Morgan fingerprint density at radius 1 is 0.264 bits per heavy atom. The zero-order valence-electron chi connectivity index (χ0n) is 71.6. The van der Waals surface area contributed by atoms with Crippen molar-refractivity contribution in [3.8, 4) is 66.8 Å². The molecule has 125 heavy (non-hydrogen) atoms. The molecular weight excluding hydrogens is 1550 g/mol. The molecule has 2 spiro atoms. The second-order valence-corrected chi connectivity index (χ2v) is 40.9. The Hall–Kier alpha value is -12.5. The summed E-state index contributed by atoms with van der Waals surface area (Å²) < 4.78 is 32.3. The third-order valence-electron chi connectivity index (χ3n) is 28.7. The van der Waals surface area contributed by atoms with Crippen LogP contribution in [0.5, 0.6) is 0 Å². The Morgan fingerprint density at radius 2 is 0.568 bits per heavy atom. The monoisotopic (exact) mass is 1650 g/mol. The van der Waals surface area contributed by atoms with Crippen LogP contribution in [-0.4, -0.2) is 0 Å². The second kappa shape index (κ2) is 34.9. The van der Waals surface area contributed by atoms with Gasteiger partial charge >= 0.3 is 0 Å². The van der Waals surface area contributed by atoms with E-state index in [1.165, 1.54) is 134 Å². The van der Waals surface area contributed by atoms with E-state index in [9.17, 15) is 0 Å². The van der Waals surface area contributed by atoms with Crippen molar-refractivity contribution in [3.05, 3.63) is 492 Å². The van der Waals surface area contributed by atoms with Crippen LogP contribution in [-0.2, 0) is 20.0 Å². The lowest BCUT2D eigenvalue weighted by Gasteiger charge is -2.31. The average Bonchev–Trinajstić information content (AvgIpc) is 1.51. The standard InChI is InChI=1S/C121H106O2P2/c1-4-86(60-62-93(90-40-19-10-20-41-90)61-59-85(3)88-64-67-94(68-65-88)96-73-77-108-104-51-29-33-55-112(104)120(116(108)81-96)114-57-35-31-53-106(114)110-79-75-102(83-118(110)120)124(122,98-43-21-11-22-44-98)99-45-23-12-24-46-99)37-15-7-6-8-16-42-91(89-38-17-9-18-39-89)66-63-87(5-2)92-69-71-95(72-70-92)97-74-78-109-105-52-30-34-56-113(105)121(117(109)82-97)115-58-36-32-54-107(115)111-80-76-103(84-119(111)121)125(123,100-47-25-13-26-48-100)101-49-27-14-28-50-101/h4,6,8-14,17-36,38-41,43-58,64-65,67-87,91,93H,1,5,7,15-16,37,42,59-63,66H2,2-3H3/b8-6+. The molecule has 0 aliphatic heterocycles. The molecule has 0 heterocycles. The molecule has 0 amide bonds. The largest absolute Gasteiger partial charge is 0.309 e. The normalized spacial score (nSPS) is 16.1. The quantitative estimate of drug-likeness (QED) is 0.0255. The van der Waals surface area contributed by atoms with Crippen LogP contribution in [0.3, 0.4) is 0 Å². The lowest BCUT2D eigenvalue weighted by atomic mass is 9.70. The Bertz CT molecular complexity index is 6620. The summed E-state index contributed by atoms with van der Waals surface area (Å²) in [7, 11) is -6.59. The molecule has 612 valence electrons. The number of hydrogen-bond donors (Lipinski definition) is 0. The Kier molecular flexibility index (Phi) is 22.6. The Morgan fingerprint density at radius 3 is 0.968 bits per heavy atom. The van der Waals surface area contributed by atoms with Crippen LogP contribution >= 0.6 is 14.3 Å². The van der Waals surface area contributed by atoms with Gasteiger partial charge in [-0.05, 0) is 264 Å². The lowest BCUT2D eigenvalue weighted by molar-refractivity contribution is 0.444. The zero-order chi connectivity index (χ0) is 84.5. The van der Waals surface area contributed by atoms with Gasteiger partial charge in [0.15, 0.2) is 14.3 Å². The Balaban J connectivity index is 0.473. The highest BCUT2D eigenvalue weighted by Crippen LogP contribution is 2.66. The first-order valence-corrected chi connectivity index (χ1v) is 49.0. The first-order valence-electron chi connectivity index (χ1n) is 45.6. The summed E-state index contributed by atoms with van der Waals surface area (Å²) in [5, 5.41) is 5.05. The summed E-state index contributed by atoms with van der Waals surface area (Å²) in [5.41, 5.74) is 29.1. The molecule has 0 aromatic heterocycles. The van der Waals surface area contributed by atoms with Crippen molar-refractivity contribution in [2.75, 3.05) is 0 Å². The minimum absolute atomic E-state index is 0.392. The predicted octanol–water partition coefficient (Wildman–Crippen LogP) is 29.5. The summed E-state index contributed by atoms with van der Waals surface area (Å²) in [6.07, 6.45) is 20.7. The summed E-state index contributed by atoms with van der Waals surface area (Å²) >= 11 is 0. The summed E-state index contributed by atoms with van der Waals surface area (Å²) in [4.78, 5) is 0. The summed E-state index contributed by atoms with van der Waals surface area (Å²) in [5.74, 6) is 2.27. The highest BCUT2D eigenvalue weighted by Gasteiger charge is 2.54. The van der Waals surface area contributed by atoms with E-state index in [-0.39, 0.29) is 0 Å². The SMILES string of the molecule is C=CC(CCC/C=C/CCC(CCC(CC)c1ccc(-c2ccc3c(c2)C2(c4ccccc4-3)c3ccccc3-c3ccc(P(=O)(c4ccccc4)c4ccccc4)cc32)cc1)c1ccccc1)CCC(CCC(C)c1ccc(-c2ccc3c(c2)C2(c4ccccc4-3)c3ccccc3-c3ccc(P(=O)(c4ccccc4)c4ccccc4)cc32)cc1)c1ccccc1. The number of hydrogen-bond acceptors (Lipinski definition) is 2. The minimum Gasteiger partial charge on any atom is -0.309 e. The van der Waals surface area contributed by atoms with Crippen LogP contribution in [0.4, 0.5) is 0 Å². The van der Waals surface area contributed by atoms with E-state index in [1.807, 2.05) is 121 Å². The second-order valence-electron chi connectivity index (χ2n) is 35.4. The molecule has 0 N–H and O–H groups in total. The molecule has 0 saturated heterocycles. The molecule has 16 aromatic carbocycles. The van der Waals surface area contributed by atoms with Crippen LogP contribution in [0, 0.1) is 5.92 Å². The van der Waals surface area contributed by atoms with Crippen LogP contribution in [0.25, 0.3) is 66.8 Å². The fraction of sp³-hybridized carbons (Fsp3) is 0.174. The molecule has 0 fully saturated rings. The van der Waals surface area contributed by atoms with Crippen molar-refractivity contribution < 1.29 is 9.13 Å². The van der Waals surface area contributed by atoms with Gasteiger partial charge in [0, 0.05) is 31.8 Å². The molecule has 16 aromatic rings. The number of rotatable bonds is 30. The van der Waals surface area contributed by atoms with Crippen LogP contribution < -0.4 is 31.8 Å². The predicted molar refractivity (Wildman–Crippen MR) is 529 cm³/mol. The molecule has 0 radical (unpaired) electrons. The number of unbranched alkanes of at least 4 members (excludes halogenated alkanes) is 1. The van der Waals surface area contributed by atoms with Gasteiger partial charge in [0.25, 0.3) is 0 Å². The zero-order valence-corrected chi connectivity index (χ0v) is 73.4. The van der Waals surface area contributed by atoms with E-state index < -0.39 is 25.1 Å². The lowest BCUT2D eigenvalue weighted by Crippen LogP contribution is -2.29. The fourth-order valence-corrected chi connectivity index (χ4v) is 27.6. The molecule has 7 atom stereocenters. The molecule has 4 aliphatic rings. The van der Waals surface area contributed by atoms with E-state index in [2.05, 4.69) is 318 Å². The van der Waals surface area contributed by atoms with E-state index in [0.29, 0.717) is 29.6 Å². The number of fused-ring (bicyclic) bond motifs is 20. The number of benzene rings is 16. The van der Waals surface area contributed by atoms with Gasteiger partial charge in [-0.2, -0.15) is 0 Å². The van der Waals surface area contributed by atoms with Crippen molar-refractivity contribution in [2.45, 2.75) is 125 Å². The van der Waals surface area contributed by atoms with Crippen molar-refractivity contribution >= 4 is 46.1 Å².